The molecule has 218 valence electrons. The summed E-state index contributed by atoms with van der Waals surface area (Å²) in [6.07, 6.45) is 7.51. The van der Waals surface area contributed by atoms with Gasteiger partial charge in [0.15, 0.2) is 0 Å². The van der Waals surface area contributed by atoms with Crippen LogP contribution in [0.15, 0.2) is 55.6 Å². The molecule has 6 atom stereocenters. The number of carbonyl (C=O) groups is 3. The second-order valence-electron chi connectivity index (χ2n) is 11.7. The lowest BCUT2D eigenvalue weighted by Gasteiger charge is -2.41. The van der Waals surface area contributed by atoms with Gasteiger partial charge in [-0.2, -0.15) is 0 Å². The fraction of sp³-hybridized carbons (Fsp3) is 0.594. The van der Waals surface area contributed by atoms with Gasteiger partial charge in [-0.15, -0.1) is 24.9 Å². The molecular weight excluding hydrogens is 522 g/mol. The molecule has 3 aliphatic rings. The second kappa shape index (κ2) is 12.9. The van der Waals surface area contributed by atoms with Crippen LogP contribution in [0.5, 0.6) is 0 Å². The number of carbonyl (C=O) groups excluding carboxylic acids is 3. The van der Waals surface area contributed by atoms with Crippen molar-refractivity contribution in [3.63, 3.8) is 0 Å². The molecule has 1 N–H and O–H groups in total. The lowest BCUT2D eigenvalue weighted by molar-refractivity contribution is -0.143. The van der Waals surface area contributed by atoms with Crippen LogP contribution in [0.2, 0.25) is 0 Å². The van der Waals surface area contributed by atoms with Crippen molar-refractivity contribution in [1.29, 1.82) is 0 Å². The fourth-order valence-electron chi connectivity index (χ4n) is 7.16. The number of hydrogen-bond donors (Lipinski definition) is 1. The van der Waals surface area contributed by atoms with Crippen LogP contribution in [0.4, 0.5) is 5.69 Å². The van der Waals surface area contributed by atoms with Gasteiger partial charge in [0.25, 0.3) is 0 Å². The summed E-state index contributed by atoms with van der Waals surface area (Å²) < 4.78 is -0.644. The van der Waals surface area contributed by atoms with Crippen molar-refractivity contribution in [1.82, 2.24) is 9.80 Å². The van der Waals surface area contributed by atoms with Crippen LogP contribution in [0.25, 0.3) is 0 Å². The van der Waals surface area contributed by atoms with Crippen molar-refractivity contribution in [3.8, 4) is 0 Å². The molecular formula is C32H45N3O4S. The highest BCUT2D eigenvalue weighted by atomic mass is 32.2. The van der Waals surface area contributed by atoms with Crippen LogP contribution in [0.1, 0.15) is 52.9 Å². The number of thioether (sulfide) groups is 1. The average molecular weight is 568 g/mol. The molecule has 0 radical (unpaired) electrons. The summed E-state index contributed by atoms with van der Waals surface area (Å²) in [6.45, 7) is 15.3. The van der Waals surface area contributed by atoms with Crippen molar-refractivity contribution in [2.24, 2.45) is 17.8 Å². The molecule has 3 saturated heterocycles. The first kappa shape index (κ1) is 30.4. The Kier molecular flexibility index (Phi) is 9.83. The SMILES string of the molecule is C=CCN(C(=O)[C@@H]1[C@H]2C(=O)N(CCCCCCO)C(C(=O)N(CC=C)C(C)C)C23S[C@@H]1CC3C)c1ccccc1. The monoisotopic (exact) mass is 567 g/mol. The second-order valence-corrected chi connectivity index (χ2v) is 13.2. The standard InChI is InChI=1S/C32H45N3O4S/c1-6-17-33(22(3)4)31(39)28-32-23(5)21-25(40-32)26(27(32)30(38)35(28)19-13-8-9-14-20-36)29(37)34(18-7-2)24-15-11-10-12-16-24/h6-7,10-12,15-16,22-23,25-28,36H,1-2,8-9,13-14,17-21H2,3-5H3/t23?,25-,26+,27+,28?,32?/m1/s1. The Hall–Kier alpha value is -2.58. The fourth-order valence-corrected chi connectivity index (χ4v) is 9.57. The summed E-state index contributed by atoms with van der Waals surface area (Å²) in [6, 6.07) is 8.91. The molecule has 3 amide bonds. The van der Waals surface area contributed by atoms with Gasteiger partial charge in [0, 0.05) is 43.2 Å². The number of hydrogen-bond acceptors (Lipinski definition) is 5. The summed E-state index contributed by atoms with van der Waals surface area (Å²) in [5, 5.41) is 9.17. The summed E-state index contributed by atoms with van der Waals surface area (Å²) in [5.74, 6) is -1.07. The highest BCUT2D eigenvalue weighted by Crippen LogP contribution is 2.69. The number of anilines is 1. The predicted molar refractivity (Wildman–Crippen MR) is 162 cm³/mol. The van der Waals surface area contributed by atoms with Crippen LogP contribution in [0.3, 0.4) is 0 Å². The third-order valence-corrected chi connectivity index (χ3v) is 11.0. The van der Waals surface area contributed by atoms with E-state index in [1.54, 1.807) is 28.8 Å². The molecule has 40 heavy (non-hydrogen) atoms. The Morgan fingerprint density at radius 1 is 1.10 bits per heavy atom. The zero-order valence-corrected chi connectivity index (χ0v) is 25.0. The third-order valence-electron chi connectivity index (χ3n) is 8.95. The van der Waals surface area contributed by atoms with E-state index in [1.165, 1.54) is 0 Å². The largest absolute Gasteiger partial charge is 0.396 e. The third kappa shape index (κ3) is 5.25. The van der Waals surface area contributed by atoms with E-state index in [0.29, 0.717) is 19.6 Å². The number of amides is 3. The van der Waals surface area contributed by atoms with E-state index in [9.17, 15) is 19.5 Å². The number of unbranched alkanes of at least 4 members (excludes halogenated alkanes) is 3. The lowest BCUT2D eigenvalue weighted by Crippen LogP contribution is -2.58. The Morgan fingerprint density at radius 2 is 1.77 bits per heavy atom. The number of likely N-dealkylation sites (tertiary alicyclic amines) is 1. The Labute approximate surface area is 243 Å². The van der Waals surface area contributed by atoms with Gasteiger partial charge in [-0.3, -0.25) is 14.4 Å². The molecule has 3 unspecified atom stereocenters. The molecule has 0 aliphatic carbocycles. The van der Waals surface area contributed by atoms with Crippen LogP contribution < -0.4 is 4.90 Å². The first-order valence-corrected chi connectivity index (χ1v) is 15.6. The van der Waals surface area contributed by atoms with Gasteiger partial charge in [0.05, 0.1) is 16.6 Å². The summed E-state index contributed by atoms with van der Waals surface area (Å²) in [4.78, 5) is 48.6. The average Bonchev–Trinajstić information content (AvgIpc) is 3.53. The van der Waals surface area contributed by atoms with E-state index >= 15 is 0 Å². The molecule has 3 fully saturated rings. The molecule has 3 aliphatic heterocycles. The zero-order chi connectivity index (χ0) is 29.0. The van der Waals surface area contributed by atoms with Crippen molar-refractivity contribution >= 4 is 35.2 Å². The lowest BCUT2D eigenvalue weighted by atomic mass is 9.65. The molecule has 1 spiro atoms. The minimum Gasteiger partial charge on any atom is -0.396 e. The maximum atomic E-state index is 14.4. The van der Waals surface area contributed by atoms with Gasteiger partial charge in [-0.25, -0.2) is 0 Å². The molecule has 1 aromatic rings. The topological polar surface area (TPSA) is 81.2 Å². The van der Waals surface area contributed by atoms with E-state index in [2.05, 4.69) is 20.1 Å². The highest BCUT2D eigenvalue weighted by molar-refractivity contribution is 8.02. The van der Waals surface area contributed by atoms with Crippen LogP contribution in [-0.4, -0.2) is 80.9 Å². The molecule has 7 nitrogen and oxygen atoms in total. The summed E-state index contributed by atoms with van der Waals surface area (Å²) in [7, 11) is 0. The Bertz CT molecular complexity index is 1090. The molecule has 4 rings (SSSR count). The predicted octanol–water partition coefficient (Wildman–Crippen LogP) is 4.52. The number of benzene rings is 1. The number of nitrogens with zero attached hydrogens (tertiary/aromatic N) is 3. The van der Waals surface area contributed by atoms with Crippen molar-refractivity contribution in [2.45, 2.75) is 75.0 Å². The van der Waals surface area contributed by atoms with Crippen LogP contribution in [0, 0.1) is 17.8 Å². The van der Waals surface area contributed by atoms with Crippen LogP contribution in [-0.2, 0) is 14.4 Å². The number of aliphatic hydroxyl groups is 1. The van der Waals surface area contributed by atoms with E-state index in [1.807, 2.05) is 54.0 Å². The summed E-state index contributed by atoms with van der Waals surface area (Å²) >= 11 is 1.72. The first-order chi connectivity index (χ1) is 19.2. The molecule has 2 bridgehead atoms. The number of rotatable bonds is 14. The van der Waals surface area contributed by atoms with Gasteiger partial charge >= 0.3 is 0 Å². The maximum Gasteiger partial charge on any atom is 0.247 e. The quantitative estimate of drug-likeness (QED) is 0.264. The smallest absolute Gasteiger partial charge is 0.247 e. The van der Waals surface area contributed by atoms with Gasteiger partial charge in [-0.1, -0.05) is 50.1 Å². The van der Waals surface area contributed by atoms with E-state index in [4.69, 9.17) is 0 Å². The Morgan fingerprint density at radius 3 is 2.40 bits per heavy atom. The first-order valence-electron chi connectivity index (χ1n) is 14.7. The van der Waals surface area contributed by atoms with Crippen molar-refractivity contribution in [2.75, 3.05) is 31.1 Å². The molecule has 3 heterocycles. The van der Waals surface area contributed by atoms with Crippen molar-refractivity contribution in [3.05, 3.63) is 55.6 Å². The summed E-state index contributed by atoms with van der Waals surface area (Å²) in [5.41, 5.74) is 0.790. The van der Waals surface area contributed by atoms with Gasteiger partial charge in [0.1, 0.15) is 6.04 Å². The minimum absolute atomic E-state index is 0.0126. The maximum absolute atomic E-state index is 14.4. The van der Waals surface area contributed by atoms with Gasteiger partial charge < -0.3 is 19.8 Å². The number of fused-ring (bicyclic) bond motifs is 1. The molecule has 8 heteroatoms. The highest BCUT2D eigenvalue weighted by Gasteiger charge is 2.76. The number of aliphatic hydroxyl groups excluding tert-OH is 1. The van der Waals surface area contributed by atoms with E-state index in [-0.39, 0.29) is 41.5 Å². The minimum atomic E-state index is -0.644. The molecule has 0 saturated carbocycles. The normalized spacial score (nSPS) is 28.6. The van der Waals surface area contributed by atoms with Gasteiger partial charge in [-0.05, 0) is 51.2 Å². The number of para-hydroxylation sites is 1. The molecule has 1 aromatic carbocycles. The van der Waals surface area contributed by atoms with E-state index < -0.39 is 22.6 Å². The Balaban J connectivity index is 1.74. The molecule has 0 aromatic heterocycles. The zero-order valence-electron chi connectivity index (χ0n) is 24.2. The van der Waals surface area contributed by atoms with Gasteiger partial charge in [0.2, 0.25) is 17.7 Å². The van der Waals surface area contributed by atoms with Crippen LogP contribution >= 0.6 is 11.8 Å². The van der Waals surface area contributed by atoms with E-state index in [0.717, 1.165) is 37.8 Å². The van der Waals surface area contributed by atoms with Crippen molar-refractivity contribution < 1.29 is 19.5 Å².